The minimum Gasteiger partial charge on any atom is -0.456 e. The summed E-state index contributed by atoms with van der Waals surface area (Å²) in [5.74, 6) is -8.50. The van der Waals surface area contributed by atoms with E-state index in [9.17, 15) is 13.6 Å². The van der Waals surface area contributed by atoms with Crippen molar-refractivity contribution in [1.82, 2.24) is 4.98 Å². The summed E-state index contributed by atoms with van der Waals surface area (Å²) in [5.41, 5.74) is 2.29. The molecule has 242 valence electrons. The summed E-state index contributed by atoms with van der Waals surface area (Å²) in [7, 11) is 0. The lowest BCUT2D eigenvalue weighted by atomic mass is 9.76. The third-order valence-electron chi connectivity index (χ3n) is 10.1. The molecule has 0 saturated heterocycles. The quantitative estimate of drug-likeness (QED) is 0.0803. The molecule has 1 aromatic heterocycles. The average Bonchev–Trinajstić information content (AvgIpc) is 3.56. The van der Waals surface area contributed by atoms with Gasteiger partial charge in [0.1, 0.15) is 17.1 Å². The van der Waals surface area contributed by atoms with E-state index in [0.29, 0.717) is 11.9 Å². The number of benzene rings is 5. The number of nitrogens with zero attached hydrogens (tertiary/aromatic N) is 2. The molecule has 0 amide bonds. The maximum absolute atomic E-state index is 15.9. The highest BCUT2D eigenvalue weighted by Gasteiger charge is 2.58. The molecule has 0 saturated carbocycles. The van der Waals surface area contributed by atoms with Gasteiger partial charge in [0.2, 0.25) is 0 Å². The minimum absolute atomic E-state index is 0.151. The van der Waals surface area contributed by atoms with Crippen molar-refractivity contribution in [2.75, 3.05) is 11.4 Å². The Kier molecular flexibility index (Phi) is 5.96. The Morgan fingerprint density at radius 2 is 1.59 bits per heavy atom. The molecule has 1 atom stereocenters. The number of aromatic nitrogens is 1. The third kappa shape index (κ3) is 3.87. The van der Waals surface area contributed by atoms with Crippen LogP contribution in [0, 0.1) is 30.2 Å². The number of aryl methyl sites for hydroxylation is 1. The minimum atomic E-state index is -2.16. The highest BCUT2D eigenvalue weighted by molar-refractivity contribution is 5.99. The van der Waals surface area contributed by atoms with Crippen molar-refractivity contribution in [2.45, 2.75) is 31.8 Å². The Labute approximate surface area is 278 Å². The number of esters is 1. The molecule has 49 heavy (non-hydrogen) atoms. The molecular weight excluding hydrogens is 632 g/mol. The summed E-state index contributed by atoms with van der Waals surface area (Å²) >= 11 is 0. The number of halogens is 4. The van der Waals surface area contributed by atoms with Gasteiger partial charge in [0, 0.05) is 58.3 Å². The summed E-state index contributed by atoms with van der Waals surface area (Å²) < 4.78 is 73.1. The number of rotatable bonds is 2. The zero-order valence-corrected chi connectivity index (χ0v) is 26.5. The number of hydrogen-bond acceptors (Lipinski definition) is 5. The fourth-order valence-electron chi connectivity index (χ4n) is 7.79. The molecule has 5 aromatic carbocycles. The van der Waals surface area contributed by atoms with E-state index >= 15 is 8.78 Å². The molecular formula is C40H26F4N2O3. The van der Waals surface area contributed by atoms with E-state index in [1.54, 1.807) is 48.7 Å². The Bertz CT molecular complexity index is 2460. The van der Waals surface area contributed by atoms with Gasteiger partial charge in [-0.25, -0.2) is 22.4 Å². The van der Waals surface area contributed by atoms with E-state index in [1.165, 1.54) is 0 Å². The molecule has 1 unspecified atom stereocenters. The van der Waals surface area contributed by atoms with Crippen LogP contribution in [0.25, 0.3) is 21.9 Å². The summed E-state index contributed by atoms with van der Waals surface area (Å²) in [6, 6.07) is 24.1. The number of hydrogen-bond donors (Lipinski definition) is 0. The number of carbonyl (C=O) groups is 1. The van der Waals surface area contributed by atoms with Crippen molar-refractivity contribution in [2.24, 2.45) is 0 Å². The lowest BCUT2D eigenvalue weighted by molar-refractivity contribution is 0.0216. The van der Waals surface area contributed by atoms with Gasteiger partial charge in [-0.05, 0) is 71.0 Å². The molecule has 3 aliphatic heterocycles. The van der Waals surface area contributed by atoms with Crippen molar-refractivity contribution in [1.29, 1.82) is 0 Å². The smallest absolute Gasteiger partial charge is 0.343 e. The first-order valence-electron chi connectivity index (χ1n) is 15.8. The second-order valence-electron chi connectivity index (χ2n) is 13.4. The van der Waals surface area contributed by atoms with Gasteiger partial charge in [0.05, 0.1) is 5.56 Å². The summed E-state index contributed by atoms with van der Waals surface area (Å²) in [5, 5.41) is 1.38. The molecule has 0 aliphatic carbocycles. The first-order chi connectivity index (χ1) is 23.5. The molecule has 9 rings (SSSR count). The number of ether oxygens (including phenoxy) is 2. The average molecular weight is 659 g/mol. The second-order valence-corrected chi connectivity index (χ2v) is 13.4. The SMILES string of the molecule is Cc1cnccc1-c1ccc2c(c1)C(C)(C)CN2c1ccc2c(c1)Oc1c(ccc3ccccc13)C21OC(=O)c2c(F)c(F)c(F)c(F)c21. The first kappa shape index (κ1) is 29.4. The Morgan fingerprint density at radius 3 is 2.41 bits per heavy atom. The largest absolute Gasteiger partial charge is 0.456 e. The monoisotopic (exact) mass is 658 g/mol. The molecule has 6 aromatic rings. The normalized spacial score (nSPS) is 18.2. The zero-order valence-electron chi connectivity index (χ0n) is 26.5. The second kappa shape index (κ2) is 9.92. The highest BCUT2D eigenvalue weighted by Crippen LogP contribution is 2.59. The maximum atomic E-state index is 15.9. The lowest BCUT2D eigenvalue weighted by Crippen LogP contribution is -2.34. The van der Waals surface area contributed by atoms with Gasteiger partial charge in [0.25, 0.3) is 0 Å². The standard InChI is InChI=1S/C40H26F4N2O3/c1-20-18-45-15-14-24(20)22-9-13-29-28(16-22)39(2,3)19-46(29)23-10-12-26-30(17-23)48-37-25-7-5-4-6-21(25)8-11-27(37)40(26)32-31(38(47)49-40)33(41)35(43)36(44)34(32)42/h4-18H,19H2,1-3H3. The summed E-state index contributed by atoms with van der Waals surface area (Å²) in [4.78, 5) is 19.7. The molecule has 0 radical (unpaired) electrons. The van der Waals surface area contributed by atoms with Gasteiger partial charge < -0.3 is 14.4 Å². The fourth-order valence-corrected chi connectivity index (χ4v) is 7.79. The fraction of sp³-hybridized carbons (Fsp3) is 0.150. The van der Waals surface area contributed by atoms with E-state index < -0.39 is 46.0 Å². The zero-order chi connectivity index (χ0) is 34.0. The van der Waals surface area contributed by atoms with E-state index in [1.807, 2.05) is 31.3 Å². The van der Waals surface area contributed by atoms with Crippen LogP contribution < -0.4 is 9.64 Å². The van der Waals surface area contributed by atoms with Gasteiger partial charge in [-0.2, -0.15) is 0 Å². The molecule has 4 heterocycles. The lowest BCUT2D eigenvalue weighted by Gasteiger charge is -2.37. The van der Waals surface area contributed by atoms with Crippen LogP contribution in [0.3, 0.4) is 0 Å². The van der Waals surface area contributed by atoms with Crippen LogP contribution in [0.5, 0.6) is 11.5 Å². The molecule has 0 fully saturated rings. The van der Waals surface area contributed by atoms with Crippen LogP contribution in [-0.4, -0.2) is 17.5 Å². The van der Waals surface area contributed by atoms with Gasteiger partial charge in [-0.15, -0.1) is 0 Å². The number of pyridine rings is 1. The molecule has 0 bridgehead atoms. The van der Waals surface area contributed by atoms with E-state index in [0.717, 1.165) is 39.0 Å². The van der Waals surface area contributed by atoms with Crippen LogP contribution in [0.15, 0.2) is 91.3 Å². The van der Waals surface area contributed by atoms with Crippen LogP contribution in [-0.2, 0) is 15.8 Å². The third-order valence-corrected chi connectivity index (χ3v) is 10.1. The van der Waals surface area contributed by atoms with Gasteiger partial charge in [0.15, 0.2) is 28.9 Å². The summed E-state index contributed by atoms with van der Waals surface area (Å²) in [6.07, 6.45) is 3.62. The molecule has 5 nitrogen and oxygen atoms in total. The predicted octanol–water partition coefficient (Wildman–Crippen LogP) is 9.76. The Morgan fingerprint density at radius 1 is 0.816 bits per heavy atom. The van der Waals surface area contributed by atoms with Gasteiger partial charge in [-0.3, -0.25) is 4.98 Å². The van der Waals surface area contributed by atoms with Crippen LogP contribution in [0.1, 0.15) is 52.0 Å². The summed E-state index contributed by atoms with van der Waals surface area (Å²) in [6.45, 7) is 6.98. The van der Waals surface area contributed by atoms with Gasteiger partial charge in [-0.1, -0.05) is 50.2 Å². The van der Waals surface area contributed by atoms with Crippen molar-refractivity contribution in [3.8, 4) is 22.6 Å². The van der Waals surface area contributed by atoms with E-state index in [2.05, 4.69) is 41.9 Å². The van der Waals surface area contributed by atoms with Crippen LogP contribution >= 0.6 is 0 Å². The Balaban J connectivity index is 1.26. The van der Waals surface area contributed by atoms with E-state index in [-0.39, 0.29) is 28.0 Å². The van der Waals surface area contributed by atoms with Crippen molar-refractivity contribution >= 4 is 28.1 Å². The topological polar surface area (TPSA) is 51.7 Å². The maximum Gasteiger partial charge on any atom is 0.343 e. The first-order valence-corrected chi connectivity index (χ1v) is 15.8. The van der Waals surface area contributed by atoms with Crippen molar-refractivity contribution < 1.29 is 31.8 Å². The molecule has 9 heteroatoms. The van der Waals surface area contributed by atoms with Crippen LogP contribution in [0.4, 0.5) is 28.9 Å². The molecule has 1 spiro atoms. The molecule has 0 N–H and O–H groups in total. The van der Waals surface area contributed by atoms with E-state index in [4.69, 9.17) is 9.47 Å². The number of anilines is 2. The Hall–Kier alpha value is -5.70. The highest BCUT2D eigenvalue weighted by atomic mass is 19.2. The number of fused-ring (bicyclic) bond motifs is 9. The molecule has 3 aliphatic rings. The van der Waals surface area contributed by atoms with Gasteiger partial charge >= 0.3 is 5.97 Å². The van der Waals surface area contributed by atoms with Crippen molar-refractivity contribution in [3.05, 3.63) is 148 Å². The van der Waals surface area contributed by atoms with Crippen molar-refractivity contribution in [3.63, 3.8) is 0 Å². The number of carbonyl (C=O) groups excluding carboxylic acids is 1. The predicted molar refractivity (Wildman–Crippen MR) is 176 cm³/mol. The van der Waals surface area contributed by atoms with Crippen LogP contribution in [0.2, 0.25) is 0 Å².